The monoisotopic (exact) mass is 443 g/mol. The second-order valence-corrected chi connectivity index (χ2v) is 4.96. The predicted octanol–water partition coefficient (Wildman–Crippen LogP) is -2.49. The molecule has 0 bridgehead atoms. The molecule has 16 heteroatoms. The largest absolute Gasteiger partial charge is 2.00 e. The van der Waals surface area contributed by atoms with E-state index in [-0.39, 0.29) is 46.7 Å². The third kappa shape index (κ3) is 14.1. The molecule has 0 amide bonds. The average molecular weight is 443 g/mol. The van der Waals surface area contributed by atoms with Crippen LogP contribution in [0.5, 0.6) is 0 Å². The van der Waals surface area contributed by atoms with Crippen molar-refractivity contribution in [1.82, 2.24) is 6.15 Å². The summed E-state index contributed by atoms with van der Waals surface area (Å²) in [5.74, 6) is -10.0. The van der Waals surface area contributed by atoms with Crippen molar-refractivity contribution < 1.29 is 72.5 Å². The van der Waals surface area contributed by atoms with Crippen molar-refractivity contribution in [3.63, 3.8) is 0 Å². The van der Waals surface area contributed by atoms with Crippen LogP contribution in [0.2, 0.25) is 0 Å². The first-order chi connectivity index (χ1) is 11.6. The number of carboxylic acid groups (broad SMARTS) is 6. The van der Waals surface area contributed by atoms with E-state index < -0.39 is 72.7 Å². The van der Waals surface area contributed by atoms with E-state index in [4.69, 9.17) is 40.9 Å². The molecule has 0 aromatic heterocycles. The van der Waals surface area contributed by atoms with Crippen molar-refractivity contribution >= 4 is 73.6 Å². The summed E-state index contributed by atoms with van der Waals surface area (Å²) in [6.45, 7) is 0. The Morgan fingerprint density at radius 2 is 0.679 bits per heavy atom. The van der Waals surface area contributed by atoms with Crippen molar-refractivity contribution in [3.05, 3.63) is 0 Å². The summed E-state index contributed by atoms with van der Waals surface area (Å²) in [6, 6.07) is 0. The van der Waals surface area contributed by atoms with Gasteiger partial charge in [0.05, 0.1) is 25.7 Å². The smallest absolute Gasteiger partial charge is 1.00 e. The van der Waals surface area contributed by atoms with Crippen LogP contribution < -0.4 is 6.15 Å². The van der Waals surface area contributed by atoms with Gasteiger partial charge >= 0.3 is 73.6 Å². The molecule has 0 atom stereocenters. The molecule has 0 aliphatic heterocycles. The van der Waals surface area contributed by atoms with Crippen LogP contribution in [-0.4, -0.2) is 126 Å². The molecule has 160 valence electrons. The van der Waals surface area contributed by atoms with Crippen molar-refractivity contribution in [1.29, 1.82) is 0 Å². The normalized spacial score (nSPS) is 10.1. The van der Waals surface area contributed by atoms with Gasteiger partial charge in [-0.2, -0.15) is 0 Å². The van der Waals surface area contributed by atoms with Crippen LogP contribution in [0.4, 0.5) is 0 Å². The second-order valence-electron chi connectivity index (χ2n) is 4.96. The van der Waals surface area contributed by atoms with Gasteiger partial charge in [-0.25, -0.2) is 9.59 Å². The molecule has 0 saturated carbocycles. The summed E-state index contributed by atoms with van der Waals surface area (Å²) < 4.78 is 0. The molecule has 0 aromatic rings. The number of rotatable bonds is 10. The van der Waals surface area contributed by atoms with E-state index in [1.54, 1.807) is 0 Å². The van der Waals surface area contributed by atoms with Gasteiger partial charge in [0, 0.05) is 0 Å². The second kappa shape index (κ2) is 14.0. The molecular formula is C12H21CaNO14. The van der Waals surface area contributed by atoms with Gasteiger partial charge in [-0.15, -0.1) is 0 Å². The summed E-state index contributed by atoms with van der Waals surface area (Å²) in [5.41, 5.74) is -5.48. The zero-order chi connectivity index (χ0) is 21.3. The fourth-order valence-electron chi connectivity index (χ4n) is 1.43. The van der Waals surface area contributed by atoms with E-state index >= 15 is 0 Å². The van der Waals surface area contributed by atoms with Crippen molar-refractivity contribution in [2.75, 3.05) is 0 Å². The predicted molar refractivity (Wildman–Crippen MR) is 87.2 cm³/mol. The molecule has 0 radical (unpaired) electrons. The Morgan fingerprint density at radius 3 is 0.750 bits per heavy atom. The maximum Gasteiger partial charge on any atom is 2.00 e. The van der Waals surface area contributed by atoms with Crippen LogP contribution >= 0.6 is 0 Å². The van der Waals surface area contributed by atoms with Crippen molar-refractivity contribution in [2.24, 2.45) is 0 Å². The van der Waals surface area contributed by atoms with E-state index in [0.717, 1.165) is 0 Å². The molecule has 0 aliphatic carbocycles. The van der Waals surface area contributed by atoms with Crippen LogP contribution in [0.15, 0.2) is 0 Å². The van der Waals surface area contributed by atoms with E-state index in [1.165, 1.54) is 0 Å². The molecule has 28 heavy (non-hydrogen) atoms. The number of aliphatic hydroxyl groups is 2. The van der Waals surface area contributed by atoms with Gasteiger partial charge < -0.3 is 49.9 Å². The summed E-state index contributed by atoms with van der Waals surface area (Å²) >= 11 is 0. The quantitative estimate of drug-likeness (QED) is 0.158. The first kappa shape index (κ1) is 33.5. The number of carboxylic acids is 6. The molecule has 0 spiro atoms. The maximum atomic E-state index is 10.3. The van der Waals surface area contributed by atoms with Gasteiger partial charge in [0.15, 0.2) is 11.2 Å². The Hall–Kier alpha value is -2.04. The van der Waals surface area contributed by atoms with Crippen molar-refractivity contribution in [3.8, 4) is 0 Å². The Kier molecular flexibility index (Phi) is 16.8. The van der Waals surface area contributed by atoms with Gasteiger partial charge in [-0.1, -0.05) is 0 Å². The SMILES string of the molecule is N.O=C(O)CC(O)(CC(=O)O)C(=O)O.O=C(O)CC(O)(CC(=O)O)C(=O)O.[Ca+2].[H-].[H-]. The number of aliphatic carboxylic acids is 6. The van der Waals surface area contributed by atoms with Crippen LogP contribution in [0.1, 0.15) is 28.5 Å². The molecular weight excluding hydrogens is 422 g/mol. The third-order valence-electron chi connectivity index (χ3n) is 2.57. The minimum atomic E-state index is -2.74. The van der Waals surface area contributed by atoms with E-state index in [1.807, 2.05) is 0 Å². The Morgan fingerprint density at radius 1 is 0.536 bits per heavy atom. The Bertz CT molecular complexity index is 530. The summed E-state index contributed by atoms with van der Waals surface area (Å²) in [4.78, 5) is 61.0. The number of hydrogen-bond donors (Lipinski definition) is 9. The average Bonchev–Trinajstić information content (AvgIpc) is 2.34. The molecule has 0 rings (SSSR count). The molecule has 0 heterocycles. The third-order valence-corrected chi connectivity index (χ3v) is 2.57. The molecule has 15 nitrogen and oxygen atoms in total. The minimum Gasteiger partial charge on any atom is -1.00 e. The standard InChI is InChI=1S/2C6H8O7.Ca.H3N.2H/c2*7-3(8)1-6(13,5(11)12)2-4(9)10;;;;/h2*13H,1-2H2,(H,7,8)(H,9,10)(H,11,12);;1H3;;/q;;+2;;2*-1. The molecule has 0 unspecified atom stereocenters. The zero-order valence-corrected chi connectivity index (χ0v) is 16.5. The molecule has 11 N–H and O–H groups in total. The van der Waals surface area contributed by atoms with Crippen molar-refractivity contribution in [2.45, 2.75) is 36.9 Å². The van der Waals surface area contributed by atoms with Crippen LogP contribution in [0.3, 0.4) is 0 Å². The fourth-order valence-corrected chi connectivity index (χ4v) is 1.43. The van der Waals surface area contributed by atoms with Gasteiger partial charge in [-0.3, -0.25) is 19.2 Å². The first-order valence-electron chi connectivity index (χ1n) is 6.34. The molecule has 0 saturated heterocycles. The molecule has 0 aliphatic rings. The van der Waals surface area contributed by atoms with Gasteiger partial charge in [-0.05, 0) is 0 Å². The summed E-state index contributed by atoms with van der Waals surface area (Å²) in [6.07, 6.45) is -4.58. The van der Waals surface area contributed by atoms with Gasteiger partial charge in [0.2, 0.25) is 0 Å². The van der Waals surface area contributed by atoms with Crippen LogP contribution in [-0.2, 0) is 28.8 Å². The van der Waals surface area contributed by atoms with Gasteiger partial charge in [0.25, 0.3) is 0 Å². The zero-order valence-electron chi connectivity index (χ0n) is 16.3. The van der Waals surface area contributed by atoms with Crippen LogP contribution in [0, 0.1) is 0 Å². The van der Waals surface area contributed by atoms with E-state index in [9.17, 15) is 28.8 Å². The summed E-state index contributed by atoms with van der Waals surface area (Å²) in [5, 5.41) is 67.6. The maximum absolute atomic E-state index is 10.3. The first-order valence-corrected chi connectivity index (χ1v) is 6.34. The Balaban J connectivity index is -0.0000000847. The topological polar surface area (TPSA) is 299 Å². The summed E-state index contributed by atoms with van der Waals surface area (Å²) in [7, 11) is 0. The fraction of sp³-hybridized carbons (Fsp3) is 0.500. The number of hydrogen-bond acceptors (Lipinski definition) is 9. The van der Waals surface area contributed by atoms with E-state index in [0.29, 0.717) is 0 Å². The molecule has 0 fully saturated rings. The minimum absolute atomic E-state index is 0. The van der Waals surface area contributed by atoms with Gasteiger partial charge in [0.1, 0.15) is 0 Å². The Labute approximate surface area is 188 Å². The molecule has 0 aromatic carbocycles. The van der Waals surface area contributed by atoms with Crippen LogP contribution in [0.25, 0.3) is 0 Å². The van der Waals surface area contributed by atoms with E-state index in [2.05, 4.69) is 0 Å². The number of carbonyl (C=O) groups is 6.